The van der Waals surface area contributed by atoms with Crippen LogP contribution >= 0.6 is 11.6 Å². The van der Waals surface area contributed by atoms with Crippen LogP contribution in [0.5, 0.6) is 0 Å². The van der Waals surface area contributed by atoms with Crippen LogP contribution in [0.15, 0.2) is 30.4 Å². The van der Waals surface area contributed by atoms with Crippen LogP contribution in [0.25, 0.3) is 0 Å². The van der Waals surface area contributed by atoms with Gasteiger partial charge in [-0.2, -0.15) is 0 Å². The van der Waals surface area contributed by atoms with Crippen LogP contribution in [-0.4, -0.2) is 0 Å². The summed E-state index contributed by atoms with van der Waals surface area (Å²) in [5.74, 6) is 0. The molecule has 0 amide bonds. The van der Waals surface area contributed by atoms with E-state index in [1.807, 2.05) is 6.07 Å². The number of hydrogen-bond donors (Lipinski definition) is 0. The van der Waals surface area contributed by atoms with Crippen molar-refractivity contribution in [2.24, 2.45) is 5.41 Å². The van der Waals surface area contributed by atoms with Crippen molar-refractivity contribution in [1.82, 2.24) is 0 Å². The van der Waals surface area contributed by atoms with Crippen LogP contribution in [0.2, 0.25) is 5.02 Å². The molecule has 0 saturated heterocycles. The van der Waals surface area contributed by atoms with E-state index < -0.39 is 0 Å². The Morgan fingerprint density at radius 1 is 1.31 bits per heavy atom. The van der Waals surface area contributed by atoms with Crippen LogP contribution < -0.4 is 0 Å². The Morgan fingerprint density at radius 3 is 2.44 bits per heavy atom. The Morgan fingerprint density at radius 2 is 1.94 bits per heavy atom. The summed E-state index contributed by atoms with van der Waals surface area (Å²) in [6.07, 6.45) is 1.99. The summed E-state index contributed by atoms with van der Waals surface area (Å²) in [5, 5.41) is 0.877. The van der Waals surface area contributed by atoms with Crippen LogP contribution in [-0.2, 0) is 6.42 Å². The molecule has 0 aliphatic rings. The number of aryl methyl sites for hydroxylation is 2. The fourth-order valence-electron chi connectivity index (χ4n) is 1.52. The highest BCUT2D eigenvalue weighted by molar-refractivity contribution is 6.31. The lowest BCUT2D eigenvalue weighted by molar-refractivity contribution is 0.484. The van der Waals surface area contributed by atoms with Gasteiger partial charge in [0.15, 0.2) is 0 Å². The summed E-state index contributed by atoms with van der Waals surface area (Å²) in [4.78, 5) is 0. The summed E-state index contributed by atoms with van der Waals surface area (Å²) in [5.41, 5.74) is 3.90. The lowest BCUT2D eigenvalue weighted by Gasteiger charge is -2.22. The largest absolute Gasteiger partial charge is 0.0993 e. The van der Waals surface area contributed by atoms with E-state index in [0.717, 1.165) is 17.9 Å². The highest BCUT2D eigenvalue weighted by Crippen LogP contribution is 2.28. The summed E-state index contributed by atoms with van der Waals surface area (Å²) in [7, 11) is 0. The topological polar surface area (TPSA) is 0 Å². The minimum Gasteiger partial charge on any atom is -0.0993 e. The summed E-state index contributed by atoms with van der Waals surface area (Å²) in [6, 6.07) is 6.26. The van der Waals surface area contributed by atoms with Gasteiger partial charge in [0.25, 0.3) is 0 Å². The van der Waals surface area contributed by atoms with Crippen LogP contribution in [0.1, 0.15) is 38.3 Å². The first-order chi connectivity index (χ1) is 7.30. The minimum atomic E-state index is 0.192. The van der Waals surface area contributed by atoms with E-state index in [9.17, 15) is 0 Å². The maximum Gasteiger partial charge on any atom is 0.0440 e. The smallest absolute Gasteiger partial charge is 0.0440 e. The van der Waals surface area contributed by atoms with Crippen molar-refractivity contribution < 1.29 is 0 Å². The first-order valence-corrected chi connectivity index (χ1v) is 6.12. The second-order valence-electron chi connectivity index (χ2n) is 5.45. The molecule has 1 aromatic rings. The van der Waals surface area contributed by atoms with Gasteiger partial charge in [0.05, 0.1) is 0 Å². The predicted octanol–water partition coefficient (Wildman–Crippen LogP) is 5.18. The first-order valence-electron chi connectivity index (χ1n) is 5.74. The zero-order valence-corrected chi connectivity index (χ0v) is 11.5. The van der Waals surface area contributed by atoms with Gasteiger partial charge >= 0.3 is 0 Å². The number of benzene rings is 1. The molecule has 0 unspecified atom stereocenters. The van der Waals surface area contributed by atoms with E-state index in [0.29, 0.717) is 0 Å². The Kier molecular flexibility index (Phi) is 4.21. The van der Waals surface area contributed by atoms with Crippen molar-refractivity contribution in [3.05, 3.63) is 46.5 Å². The monoisotopic (exact) mass is 236 g/mol. The third-order valence-corrected chi connectivity index (χ3v) is 3.32. The standard InChI is InChI=1S/C15H21Cl/c1-11-6-8-13(14(16)10-11)9-7-12(2)15(3,4)5/h6,8,10H,2,7,9H2,1,3-5H3. The number of rotatable bonds is 3. The first kappa shape index (κ1) is 13.3. The fraction of sp³-hybridized carbons (Fsp3) is 0.467. The molecule has 1 rings (SSSR count). The molecule has 0 heterocycles. The molecule has 0 N–H and O–H groups in total. The van der Waals surface area contributed by atoms with E-state index in [1.165, 1.54) is 16.7 Å². The SMILES string of the molecule is C=C(CCc1ccc(C)cc1Cl)C(C)(C)C. The van der Waals surface area contributed by atoms with E-state index in [1.54, 1.807) is 0 Å². The van der Waals surface area contributed by atoms with Crippen molar-refractivity contribution in [3.63, 3.8) is 0 Å². The van der Waals surface area contributed by atoms with E-state index in [2.05, 4.69) is 46.4 Å². The minimum absolute atomic E-state index is 0.192. The van der Waals surface area contributed by atoms with Gasteiger partial charge in [0, 0.05) is 5.02 Å². The van der Waals surface area contributed by atoms with Gasteiger partial charge in [-0.15, -0.1) is 0 Å². The third kappa shape index (κ3) is 3.68. The Bertz CT molecular complexity index is 383. The Hall–Kier alpha value is -0.750. The van der Waals surface area contributed by atoms with E-state index in [4.69, 9.17) is 11.6 Å². The summed E-state index contributed by atoms with van der Waals surface area (Å²) in [6.45, 7) is 12.8. The zero-order chi connectivity index (χ0) is 12.3. The molecule has 16 heavy (non-hydrogen) atoms. The van der Waals surface area contributed by atoms with Gasteiger partial charge in [-0.3, -0.25) is 0 Å². The molecular formula is C15H21Cl. The molecule has 0 bridgehead atoms. The van der Waals surface area contributed by atoms with Gasteiger partial charge < -0.3 is 0 Å². The molecule has 1 aromatic carbocycles. The Labute approximate surface area is 104 Å². The molecular weight excluding hydrogens is 216 g/mol. The van der Waals surface area contributed by atoms with Gasteiger partial charge in [0.2, 0.25) is 0 Å². The molecule has 0 radical (unpaired) electrons. The quantitative estimate of drug-likeness (QED) is 0.634. The van der Waals surface area contributed by atoms with Crippen LogP contribution in [0.3, 0.4) is 0 Å². The van der Waals surface area contributed by atoms with Gasteiger partial charge in [-0.1, -0.05) is 56.7 Å². The van der Waals surface area contributed by atoms with Gasteiger partial charge in [-0.25, -0.2) is 0 Å². The zero-order valence-electron chi connectivity index (χ0n) is 10.7. The van der Waals surface area contributed by atoms with Crippen molar-refractivity contribution >= 4 is 11.6 Å². The molecule has 0 atom stereocenters. The summed E-state index contributed by atoms with van der Waals surface area (Å²) >= 11 is 6.20. The molecule has 0 spiro atoms. The number of allylic oxidation sites excluding steroid dienone is 1. The van der Waals surface area contributed by atoms with Gasteiger partial charge in [0.1, 0.15) is 0 Å². The molecule has 0 aliphatic carbocycles. The maximum atomic E-state index is 6.20. The van der Waals surface area contributed by atoms with E-state index in [-0.39, 0.29) is 5.41 Å². The van der Waals surface area contributed by atoms with Crippen molar-refractivity contribution in [1.29, 1.82) is 0 Å². The van der Waals surface area contributed by atoms with Gasteiger partial charge in [-0.05, 0) is 42.4 Å². The van der Waals surface area contributed by atoms with Crippen molar-refractivity contribution in [2.45, 2.75) is 40.5 Å². The summed E-state index contributed by atoms with van der Waals surface area (Å²) < 4.78 is 0. The molecule has 0 nitrogen and oxygen atoms in total. The second-order valence-corrected chi connectivity index (χ2v) is 5.86. The lowest BCUT2D eigenvalue weighted by Crippen LogP contribution is -2.09. The molecule has 0 aliphatic heterocycles. The molecule has 1 heteroatoms. The highest BCUT2D eigenvalue weighted by atomic mass is 35.5. The predicted molar refractivity (Wildman–Crippen MR) is 73.1 cm³/mol. The fourth-order valence-corrected chi connectivity index (χ4v) is 1.85. The molecule has 0 aromatic heterocycles. The second kappa shape index (κ2) is 5.05. The van der Waals surface area contributed by atoms with Crippen LogP contribution in [0, 0.1) is 12.3 Å². The maximum absolute atomic E-state index is 6.20. The van der Waals surface area contributed by atoms with Crippen molar-refractivity contribution in [3.8, 4) is 0 Å². The average Bonchev–Trinajstić information content (AvgIpc) is 2.14. The normalized spacial score (nSPS) is 11.6. The highest BCUT2D eigenvalue weighted by Gasteiger charge is 2.14. The number of halogens is 1. The Balaban J connectivity index is 2.65. The number of hydrogen-bond acceptors (Lipinski definition) is 0. The van der Waals surface area contributed by atoms with Crippen LogP contribution in [0.4, 0.5) is 0 Å². The lowest BCUT2D eigenvalue weighted by atomic mass is 9.84. The average molecular weight is 237 g/mol. The third-order valence-electron chi connectivity index (χ3n) is 2.97. The molecule has 0 fully saturated rings. The molecule has 88 valence electrons. The molecule has 0 saturated carbocycles. The van der Waals surface area contributed by atoms with E-state index >= 15 is 0 Å². The van der Waals surface area contributed by atoms with Crippen molar-refractivity contribution in [2.75, 3.05) is 0 Å².